The summed E-state index contributed by atoms with van der Waals surface area (Å²) in [6.45, 7) is 0.903. The number of benzene rings is 1. The van der Waals surface area contributed by atoms with Crippen LogP contribution in [0.4, 0.5) is 0 Å². The Labute approximate surface area is 115 Å². The summed E-state index contributed by atoms with van der Waals surface area (Å²) in [6.07, 6.45) is 4.42. The number of rotatable bonds is 2. The average Bonchev–Trinajstić information content (AvgIpc) is 3.17. The lowest BCUT2D eigenvalue weighted by molar-refractivity contribution is 0.343. The van der Waals surface area contributed by atoms with Crippen LogP contribution in [0.25, 0.3) is 11.6 Å². The molecule has 20 heavy (non-hydrogen) atoms. The van der Waals surface area contributed by atoms with Gasteiger partial charge in [0.05, 0.1) is 0 Å². The zero-order valence-electron chi connectivity index (χ0n) is 10.7. The van der Waals surface area contributed by atoms with Gasteiger partial charge in [-0.1, -0.05) is 29.4 Å². The number of aromatic amines is 1. The molecule has 3 aromatic rings. The second kappa shape index (κ2) is 4.57. The van der Waals surface area contributed by atoms with Gasteiger partial charge in [-0.2, -0.15) is 4.98 Å². The van der Waals surface area contributed by atoms with Crippen LogP contribution in [0.1, 0.15) is 23.1 Å². The molecule has 2 N–H and O–H groups in total. The zero-order valence-corrected chi connectivity index (χ0v) is 10.7. The summed E-state index contributed by atoms with van der Waals surface area (Å²) in [7, 11) is 0. The first kappa shape index (κ1) is 11.4. The minimum Gasteiger partial charge on any atom is -0.342 e. The van der Waals surface area contributed by atoms with Crippen LogP contribution in [0.2, 0.25) is 0 Å². The number of nitrogens with one attached hydrogen (secondary N) is 2. The smallest absolute Gasteiger partial charge is 0.248 e. The van der Waals surface area contributed by atoms with Gasteiger partial charge in [0, 0.05) is 18.9 Å². The van der Waals surface area contributed by atoms with Crippen LogP contribution < -0.4 is 5.32 Å². The van der Waals surface area contributed by atoms with Crippen LogP contribution in [-0.2, 0) is 6.42 Å². The maximum atomic E-state index is 5.40. The van der Waals surface area contributed by atoms with Crippen LogP contribution in [0.5, 0.6) is 0 Å². The molecule has 1 aromatic carbocycles. The van der Waals surface area contributed by atoms with Crippen molar-refractivity contribution in [1.29, 1.82) is 0 Å². The summed E-state index contributed by atoms with van der Waals surface area (Å²) in [4.78, 5) is 11.5. The van der Waals surface area contributed by atoms with Crippen molar-refractivity contribution >= 4 is 0 Å². The van der Waals surface area contributed by atoms with Gasteiger partial charge in [-0.05, 0) is 17.5 Å². The van der Waals surface area contributed by atoms with Gasteiger partial charge >= 0.3 is 0 Å². The summed E-state index contributed by atoms with van der Waals surface area (Å²) in [5.41, 5.74) is 2.53. The summed E-state index contributed by atoms with van der Waals surface area (Å²) >= 11 is 0. The summed E-state index contributed by atoms with van der Waals surface area (Å²) in [5, 5.41) is 7.41. The molecule has 6 heteroatoms. The van der Waals surface area contributed by atoms with E-state index in [9.17, 15) is 0 Å². The number of nitrogens with zero attached hydrogens (tertiary/aromatic N) is 3. The van der Waals surface area contributed by atoms with E-state index in [2.05, 4.69) is 43.6 Å². The minimum atomic E-state index is -0.0452. The molecule has 0 saturated heterocycles. The van der Waals surface area contributed by atoms with Crippen LogP contribution in [0.3, 0.4) is 0 Å². The molecular weight excluding hydrogens is 254 g/mol. The Morgan fingerprint density at radius 1 is 1.25 bits per heavy atom. The van der Waals surface area contributed by atoms with Gasteiger partial charge in [-0.3, -0.25) is 0 Å². The Kier molecular flexibility index (Phi) is 2.60. The van der Waals surface area contributed by atoms with Gasteiger partial charge in [0.15, 0.2) is 5.82 Å². The highest BCUT2D eigenvalue weighted by Crippen LogP contribution is 2.28. The van der Waals surface area contributed by atoms with Crippen molar-refractivity contribution in [2.24, 2.45) is 0 Å². The quantitative estimate of drug-likeness (QED) is 0.738. The Balaban J connectivity index is 1.72. The molecule has 1 aliphatic rings. The summed E-state index contributed by atoms with van der Waals surface area (Å²) < 4.78 is 5.40. The van der Waals surface area contributed by atoms with E-state index in [1.54, 1.807) is 12.4 Å². The number of hydrogen-bond donors (Lipinski definition) is 2. The second-order valence-electron chi connectivity index (χ2n) is 4.73. The van der Waals surface area contributed by atoms with Gasteiger partial charge in [-0.25, -0.2) is 4.98 Å². The van der Waals surface area contributed by atoms with E-state index in [4.69, 9.17) is 4.52 Å². The Morgan fingerprint density at radius 3 is 3.10 bits per heavy atom. The molecule has 1 aliphatic heterocycles. The lowest BCUT2D eigenvalue weighted by Crippen LogP contribution is -2.30. The van der Waals surface area contributed by atoms with Gasteiger partial charge in [-0.15, -0.1) is 0 Å². The number of H-pyrrole nitrogens is 1. The molecular formula is C14H13N5O. The van der Waals surface area contributed by atoms with E-state index >= 15 is 0 Å². The molecule has 3 heterocycles. The van der Waals surface area contributed by atoms with Crippen molar-refractivity contribution in [3.8, 4) is 11.6 Å². The number of aromatic nitrogens is 4. The summed E-state index contributed by atoms with van der Waals surface area (Å²) in [6, 6.07) is 8.29. The third kappa shape index (κ3) is 1.81. The van der Waals surface area contributed by atoms with E-state index in [-0.39, 0.29) is 6.04 Å². The third-order valence-electron chi connectivity index (χ3n) is 3.51. The highest BCUT2D eigenvalue weighted by Gasteiger charge is 2.26. The van der Waals surface area contributed by atoms with Gasteiger partial charge < -0.3 is 14.8 Å². The largest absolute Gasteiger partial charge is 0.342 e. The molecule has 6 nitrogen and oxygen atoms in total. The fourth-order valence-electron chi connectivity index (χ4n) is 2.56. The van der Waals surface area contributed by atoms with Crippen LogP contribution >= 0.6 is 0 Å². The zero-order chi connectivity index (χ0) is 13.4. The van der Waals surface area contributed by atoms with Crippen molar-refractivity contribution in [2.75, 3.05) is 6.54 Å². The van der Waals surface area contributed by atoms with E-state index < -0.39 is 0 Å². The average molecular weight is 267 g/mol. The molecule has 0 fully saturated rings. The number of hydrogen-bond acceptors (Lipinski definition) is 5. The molecule has 2 aromatic heterocycles. The molecule has 1 atom stereocenters. The Morgan fingerprint density at radius 2 is 2.20 bits per heavy atom. The van der Waals surface area contributed by atoms with Crippen molar-refractivity contribution in [2.45, 2.75) is 12.5 Å². The normalized spacial score (nSPS) is 17.9. The topological polar surface area (TPSA) is 79.6 Å². The first-order valence-electron chi connectivity index (χ1n) is 6.56. The van der Waals surface area contributed by atoms with Crippen LogP contribution in [0.15, 0.2) is 41.2 Å². The Hall–Kier alpha value is -2.47. The molecule has 0 amide bonds. The predicted octanol–water partition coefficient (Wildman–Crippen LogP) is 1.69. The second-order valence-corrected chi connectivity index (χ2v) is 4.73. The van der Waals surface area contributed by atoms with E-state index in [0.717, 1.165) is 13.0 Å². The fraction of sp³-hybridized carbons (Fsp3) is 0.214. The maximum Gasteiger partial charge on any atom is 0.248 e. The van der Waals surface area contributed by atoms with E-state index in [1.807, 2.05) is 6.07 Å². The van der Waals surface area contributed by atoms with Crippen molar-refractivity contribution in [3.05, 3.63) is 53.7 Å². The molecule has 0 bridgehead atoms. The first-order valence-corrected chi connectivity index (χ1v) is 6.56. The van der Waals surface area contributed by atoms with Crippen molar-refractivity contribution in [3.63, 3.8) is 0 Å². The maximum absolute atomic E-state index is 5.40. The van der Waals surface area contributed by atoms with Gasteiger partial charge in [0.25, 0.3) is 0 Å². The molecule has 1 unspecified atom stereocenters. The predicted molar refractivity (Wildman–Crippen MR) is 71.9 cm³/mol. The van der Waals surface area contributed by atoms with Crippen LogP contribution in [-0.4, -0.2) is 26.7 Å². The van der Waals surface area contributed by atoms with Gasteiger partial charge in [0.1, 0.15) is 6.04 Å². The van der Waals surface area contributed by atoms with E-state index in [1.165, 1.54) is 11.1 Å². The molecule has 0 aliphatic carbocycles. The van der Waals surface area contributed by atoms with Crippen LogP contribution in [0, 0.1) is 0 Å². The van der Waals surface area contributed by atoms with E-state index in [0.29, 0.717) is 17.5 Å². The standard InChI is InChI=1S/C14H13N5O/c1-2-4-10-9(3-1)5-6-15-11(10)14-18-13(19-20-14)12-16-7-8-17-12/h1-4,7-8,11,15H,5-6H2,(H,16,17). The molecule has 4 rings (SSSR count). The summed E-state index contributed by atoms with van der Waals surface area (Å²) in [5.74, 6) is 1.67. The monoisotopic (exact) mass is 267 g/mol. The third-order valence-corrected chi connectivity index (χ3v) is 3.51. The highest BCUT2D eigenvalue weighted by molar-refractivity contribution is 5.42. The molecule has 0 saturated carbocycles. The SMILES string of the molecule is c1ccc2c(c1)CCNC2c1nc(-c2ncc[nH]2)no1. The minimum absolute atomic E-state index is 0.0452. The molecule has 0 spiro atoms. The molecule has 0 radical (unpaired) electrons. The number of imidazole rings is 1. The lowest BCUT2D eigenvalue weighted by atomic mass is 9.94. The van der Waals surface area contributed by atoms with Crippen molar-refractivity contribution < 1.29 is 4.52 Å². The molecule has 100 valence electrons. The van der Waals surface area contributed by atoms with Gasteiger partial charge in [0.2, 0.25) is 11.7 Å². The fourth-order valence-corrected chi connectivity index (χ4v) is 2.56. The van der Waals surface area contributed by atoms with Crippen molar-refractivity contribution in [1.82, 2.24) is 25.4 Å². The number of fused-ring (bicyclic) bond motifs is 1. The first-order chi connectivity index (χ1) is 9.92. The Bertz CT molecular complexity index is 719. The highest BCUT2D eigenvalue weighted by atomic mass is 16.5. The lowest BCUT2D eigenvalue weighted by Gasteiger charge is -2.23.